The molecule has 0 aromatic rings. The number of allylic oxidation sites excluding steroid dienone is 6. The van der Waals surface area contributed by atoms with E-state index >= 15 is 0 Å². The van der Waals surface area contributed by atoms with Crippen LogP contribution in [0.25, 0.3) is 0 Å². The molecule has 0 fully saturated rings. The first-order valence-corrected chi connectivity index (χ1v) is 36.0. The first-order valence-electron chi connectivity index (χ1n) is 36.0. The van der Waals surface area contributed by atoms with E-state index in [1.165, 1.54) is 283 Å². The second-order valence-corrected chi connectivity index (χ2v) is 24.5. The molecule has 0 saturated heterocycles. The summed E-state index contributed by atoms with van der Waals surface area (Å²) in [7, 11) is 0. The Hall–Kier alpha value is -2.37. The third-order valence-electron chi connectivity index (χ3n) is 16.4. The van der Waals surface area contributed by atoms with Gasteiger partial charge in [-0.15, -0.1) is 0 Å². The molecule has 0 N–H and O–H groups in total. The number of rotatable bonds is 67. The third-order valence-corrected chi connectivity index (χ3v) is 16.4. The van der Waals surface area contributed by atoms with Crippen molar-refractivity contribution in [2.75, 3.05) is 13.2 Å². The average Bonchev–Trinajstić information content (AvgIpc) is 3.46. The average molecular weight is 1120 g/mol. The summed E-state index contributed by atoms with van der Waals surface area (Å²) in [6, 6.07) is 0. The van der Waals surface area contributed by atoms with Gasteiger partial charge in [-0.2, -0.15) is 0 Å². The third kappa shape index (κ3) is 66.4. The highest BCUT2D eigenvalue weighted by Crippen LogP contribution is 2.19. The Kier molecular flexibility index (Phi) is 67.1. The largest absolute Gasteiger partial charge is 0.462 e. The molecule has 6 nitrogen and oxygen atoms in total. The summed E-state index contributed by atoms with van der Waals surface area (Å²) in [5.74, 6) is -0.856. The molecule has 0 aromatic heterocycles. The maximum Gasteiger partial charge on any atom is 0.306 e. The zero-order valence-electron chi connectivity index (χ0n) is 54.1. The second-order valence-electron chi connectivity index (χ2n) is 24.5. The predicted octanol–water partition coefficient (Wildman–Crippen LogP) is 24.7. The minimum absolute atomic E-state index is 0.0709. The van der Waals surface area contributed by atoms with Crippen molar-refractivity contribution < 1.29 is 28.6 Å². The molecule has 80 heavy (non-hydrogen) atoms. The summed E-state index contributed by atoms with van der Waals surface area (Å²) in [6.45, 7) is 6.67. The van der Waals surface area contributed by atoms with E-state index < -0.39 is 6.10 Å². The van der Waals surface area contributed by atoms with Crippen LogP contribution >= 0.6 is 0 Å². The van der Waals surface area contributed by atoms with Crippen molar-refractivity contribution in [3.8, 4) is 0 Å². The van der Waals surface area contributed by atoms with Gasteiger partial charge in [0.25, 0.3) is 0 Å². The van der Waals surface area contributed by atoms with Crippen molar-refractivity contribution in [1.82, 2.24) is 0 Å². The van der Waals surface area contributed by atoms with E-state index in [0.29, 0.717) is 19.3 Å². The fraction of sp³-hybridized carbons (Fsp3) is 0.878. The molecule has 0 amide bonds. The van der Waals surface area contributed by atoms with Crippen molar-refractivity contribution >= 4 is 17.9 Å². The predicted molar refractivity (Wildman–Crippen MR) is 349 cm³/mol. The Bertz CT molecular complexity index is 1340. The van der Waals surface area contributed by atoms with Gasteiger partial charge >= 0.3 is 17.9 Å². The molecule has 0 rings (SSSR count). The van der Waals surface area contributed by atoms with Crippen LogP contribution in [0.2, 0.25) is 0 Å². The Morgan fingerprint density at radius 2 is 0.450 bits per heavy atom. The molecule has 0 heterocycles. The molecule has 0 spiro atoms. The van der Waals surface area contributed by atoms with Crippen LogP contribution in [-0.2, 0) is 28.6 Å². The van der Waals surface area contributed by atoms with Gasteiger partial charge in [0.05, 0.1) is 0 Å². The van der Waals surface area contributed by atoms with Crippen LogP contribution in [0.3, 0.4) is 0 Å². The number of hydrogen-bond acceptors (Lipinski definition) is 6. The van der Waals surface area contributed by atoms with Gasteiger partial charge < -0.3 is 14.2 Å². The zero-order chi connectivity index (χ0) is 57.8. The summed E-state index contributed by atoms with van der Waals surface area (Å²) >= 11 is 0. The molecular formula is C74H138O6. The Balaban J connectivity index is 4.15. The lowest BCUT2D eigenvalue weighted by molar-refractivity contribution is -0.167. The topological polar surface area (TPSA) is 78.9 Å². The Labute approximate surface area is 499 Å². The summed E-state index contributed by atoms with van der Waals surface area (Å²) in [5, 5.41) is 0. The van der Waals surface area contributed by atoms with E-state index in [2.05, 4.69) is 57.2 Å². The molecule has 1 unspecified atom stereocenters. The van der Waals surface area contributed by atoms with Gasteiger partial charge in [-0.25, -0.2) is 0 Å². The van der Waals surface area contributed by atoms with E-state index in [4.69, 9.17) is 14.2 Å². The Morgan fingerprint density at radius 3 is 0.725 bits per heavy atom. The molecular weight excluding hydrogens is 985 g/mol. The number of ether oxygens (including phenoxy) is 3. The smallest absolute Gasteiger partial charge is 0.306 e. The minimum atomic E-state index is -0.775. The number of unbranched alkanes of at least 4 members (excludes halogenated alkanes) is 50. The van der Waals surface area contributed by atoms with Gasteiger partial charge in [-0.05, 0) is 77.0 Å². The van der Waals surface area contributed by atoms with E-state index in [9.17, 15) is 14.4 Å². The molecule has 1 atom stereocenters. The van der Waals surface area contributed by atoms with Crippen molar-refractivity contribution in [2.24, 2.45) is 0 Å². The first kappa shape index (κ1) is 77.6. The lowest BCUT2D eigenvalue weighted by Gasteiger charge is -2.18. The van der Waals surface area contributed by atoms with Gasteiger partial charge in [-0.3, -0.25) is 14.4 Å². The van der Waals surface area contributed by atoms with Gasteiger partial charge in [0, 0.05) is 19.3 Å². The number of esters is 3. The number of hydrogen-bond donors (Lipinski definition) is 0. The highest BCUT2D eigenvalue weighted by atomic mass is 16.6. The summed E-state index contributed by atoms with van der Waals surface area (Å²) in [5.41, 5.74) is 0. The van der Waals surface area contributed by atoms with Gasteiger partial charge in [0.2, 0.25) is 0 Å². The molecule has 0 radical (unpaired) electrons. The maximum absolute atomic E-state index is 12.9. The summed E-state index contributed by atoms with van der Waals surface area (Å²) in [4.78, 5) is 38.4. The molecule has 0 aliphatic heterocycles. The normalized spacial score (nSPS) is 12.2. The van der Waals surface area contributed by atoms with Crippen LogP contribution in [0, 0.1) is 0 Å². The van der Waals surface area contributed by atoms with Gasteiger partial charge in [0.15, 0.2) is 6.10 Å². The number of carbonyl (C=O) groups excluding carboxylic acids is 3. The van der Waals surface area contributed by atoms with Crippen molar-refractivity contribution in [1.29, 1.82) is 0 Å². The molecule has 0 aromatic carbocycles. The highest BCUT2D eigenvalue weighted by Gasteiger charge is 2.19. The van der Waals surface area contributed by atoms with Crippen molar-refractivity contribution in [3.63, 3.8) is 0 Å². The van der Waals surface area contributed by atoms with Gasteiger partial charge in [0.1, 0.15) is 13.2 Å². The summed E-state index contributed by atoms with van der Waals surface area (Å²) in [6.07, 6.45) is 86.1. The molecule has 6 heteroatoms. The van der Waals surface area contributed by atoms with Crippen LogP contribution in [0.5, 0.6) is 0 Å². The second kappa shape index (κ2) is 69.1. The monoisotopic (exact) mass is 1120 g/mol. The molecule has 0 aliphatic carbocycles. The Morgan fingerprint density at radius 1 is 0.250 bits per heavy atom. The standard InChI is InChI=1S/C74H138O6/c1-4-7-10-13-16-19-22-25-28-30-31-32-33-34-35-36-37-38-39-40-41-42-43-44-47-49-52-55-58-61-64-67-73(76)79-70-71(69-78-72(75)66-63-60-57-54-51-48-45-27-24-21-18-15-12-9-6-3)80-74(77)68-65-62-59-56-53-50-46-29-26-23-20-17-14-11-8-5-2/h18,21,27,30-31,45,71H,4-17,19-20,22-26,28-29,32-44,46-70H2,1-3H3/b21-18-,31-30-,45-27-. The maximum atomic E-state index is 12.9. The van der Waals surface area contributed by atoms with Crippen LogP contribution < -0.4 is 0 Å². The van der Waals surface area contributed by atoms with E-state index in [1.807, 2.05) is 0 Å². The fourth-order valence-electron chi connectivity index (χ4n) is 10.9. The quantitative estimate of drug-likeness (QED) is 0.0261. The van der Waals surface area contributed by atoms with Crippen LogP contribution in [0.15, 0.2) is 36.5 Å². The van der Waals surface area contributed by atoms with Crippen molar-refractivity contribution in [2.45, 2.75) is 406 Å². The van der Waals surface area contributed by atoms with Crippen LogP contribution in [-0.4, -0.2) is 37.2 Å². The summed E-state index contributed by atoms with van der Waals surface area (Å²) < 4.78 is 17.0. The highest BCUT2D eigenvalue weighted by molar-refractivity contribution is 5.71. The minimum Gasteiger partial charge on any atom is -0.462 e. The van der Waals surface area contributed by atoms with E-state index in [-0.39, 0.29) is 31.1 Å². The molecule has 470 valence electrons. The molecule has 0 bridgehead atoms. The van der Waals surface area contributed by atoms with Gasteiger partial charge in [-0.1, -0.05) is 340 Å². The van der Waals surface area contributed by atoms with E-state index in [0.717, 1.165) is 77.0 Å². The van der Waals surface area contributed by atoms with Crippen LogP contribution in [0.1, 0.15) is 400 Å². The molecule has 0 saturated carbocycles. The molecule has 0 aliphatic rings. The lowest BCUT2D eigenvalue weighted by Crippen LogP contribution is -2.30. The zero-order valence-corrected chi connectivity index (χ0v) is 54.1. The lowest BCUT2D eigenvalue weighted by atomic mass is 10.0. The van der Waals surface area contributed by atoms with E-state index in [1.54, 1.807) is 0 Å². The number of carbonyl (C=O) groups is 3. The fourth-order valence-corrected chi connectivity index (χ4v) is 10.9. The van der Waals surface area contributed by atoms with Crippen LogP contribution in [0.4, 0.5) is 0 Å². The first-order chi connectivity index (χ1) is 39.5. The van der Waals surface area contributed by atoms with Crippen molar-refractivity contribution in [3.05, 3.63) is 36.5 Å². The SMILES string of the molecule is CCCCC/C=C\C/C=C\CCCCCCCC(=O)OCC(COC(=O)CCCCCCCCCCCCCCCCCCCCC/C=C\CCCCCCCCCC)OC(=O)CCCCCCCCCCCCCCCCCC.